The number of carbonyl (C=O) groups is 2. The van der Waals surface area contributed by atoms with Crippen molar-refractivity contribution in [2.75, 3.05) is 0 Å². The third-order valence-corrected chi connectivity index (χ3v) is 6.18. The number of carbonyl (C=O) groups excluding carboxylic acids is 2. The molecule has 0 N–H and O–H groups in total. The van der Waals surface area contributed by atoms with Crippen LogP contribution in [0, 0.1) is 12.7 Å². The molecule has 0 spiro atoms. The second-order valence-corrected chi connectivity index (χ2v) is 9.53. The number of hydrogen-bond acceptors (Lipinski definition) is 4. The predicted octanol–water partition coefficient (Wildman–Crippen LogP) is 8.02. The molecule has 0 aliphatic carbocycles. The molecular weight excluding hydrogens is 491 g/mol. The topological polar surface area (TPSA) is 52.6 Å². The molecule has 0 aliphatic heterocycles. The molecule has 4 aromatic rings. The summed E-state index contributed by atoms with van der Waals surface area (Å²) < 4.78 is 25.5. The Morgan fingerprint density at radius 3 is 1.54 bits per heavy atom. The van der Waals surface area contributed by atoms with Crippen molar-refractivity contribution in [2.24, 2.45) is 0 Å². The minimum Gasteiger partial charge on any atom is -0.423 e. The highest BCUT2D eigenvalue weighted by Crippen LogP contribution is 2.29. The molecule has 196 valence electrons. The van der Waals surface area contributed by atoms with E-state index in [4.69, 9.17) is 9.47 Å². The van der Waals surface area contributed by atoms with Gasteiger partial charge in [-0.05, 0) is 90.9 Å². The Labute approximate surface area is 228 Å². The van der Waals surface area contributed by atoms with Crippen LogP contribution in [0.5, 0.6) is 11.5 Å². The fraction of sp³-hybridized carbons (Fsp3) is 0.118. The highest BCUT2D eigenvalue weighted by molar-refractivity contribution is 5.89. The third-order valence-electron chi connectivity index (χ3n) is 6.18. The maximum Gasteiger partial charge on any atom is 0.338 e. The van der Waals surface area contributed by atoms with Gasteiger partial charge in [0.2, 0.25) is 0 Å². The van der Waals surface area contributed by atoms with E-state index in [0.29, 0.717) is 40.2 Å². The van der Waals surface area contributed by atoms with Gasteiger partial charge in [-0.1, -0.05) is 67.8 Å². The molecule has 0 unspecified atom stereocenters. The zero-order chi connectivity index (χ0) is 28.1. The van der Waals surface area contributed by atoms with Crippen LogP contribution in [0.25, 0.3) is 22.3 Å². The first kappa shape index (κ1) is 27.3. The number of benzene rings is 4. The Hall–Kier alpha value is -4.77. The molecule has 0 radical (unpaired) electrons. The number of ether oxygens (including phenoxy) is 2. The second kappa shape index (κ2) is 11.7. The lowest BCUT2D eigenvalue weighted by atomic mass is 9.95. The molecular formula is C34H29FO4. The van der Waals surface area contributed by atoms with Crippen molar-refractivity contribution in [2.45, 2.75) is 27.2 Å². The Balaban J connectivity index is 1.45. The van der Waals surface area contributed by atoms with Crippen LogP contribution in [0.15, 0.2) is 109 Å². The van der Waals surface area contributed by atoms with Crippen molar-refractivity contribution in [1.29, 1.82) is 0 Å². The van der Waals surface area contributed by atoms with Crippen LogP contribution in [0.3, 0.4) is 0 Å². The van der Waals surface area contributed by atoms with Gasteiger partial charge in [0.1, 0.15) is 17.3 Å². The first-order valence-electron chi connectivity index (χ1n) is 12.4. The summed E-state index contributed by atoms with van der Waals surface area (Å²) in [6.45, 7) is 12.4. The Bertz CT molecular complexity index is 1450. The zero-order valence-corrected chi connectivity index (χ0v) is 22.2. The summed E-state index contributed by atoms with van der Waals surface area (Å²) in [4.78, 5) is 23.4. The Kier molecular flexibility index (Phi) is 8.21. The second-order valence-electron chi connectivity index (χ2n) is 9.53. The van der Waals surface area contributed by atoms with Gasteiger partial charge in [-0.2, -0.15) is 0 Å². The molecule has 0 fully saturated rings. The Morgan fingerprint density at radius 2 is 1.10 bits per heavy atom. The lowest BCUT2D eigenvalue weighted by Crippen LogP contribution is -2.07. The van der Waals surface area contributed by atoms with Gasteiger partial charge in [-0.15, -0.1) is 0 Å². The lowest BCUT2D eigenvalue weighted by molar-refractivity contribution is -0.130. The first-order chi connectivity index (χ1) is 18.6. The maximum atomic E-state index is 15.0. The molecule has 0 aromatic heterocycles. The van der Waals surface area contributed by atoms with Gasteiger partial charge in [0.15, 0.2) is 0 Å². The van der Waals surface area contributed by atoms with Crippen LogP contribution in [-0.4, -0.2) is 11.9 Å². The number of hydrogen-bond donors (Lipinski definition) is 0. The van der Waals surface area contributed by atoms with Gasteiger partial charge in [0.05, 0.1) is 0 Å². The minimum atomic E-state index is -0.499. The molecule has 5 heteroatoms. The van der Waals surface area contributed by atoms with E-state index < -0.39 is 11.9 Å². The molecule has 0 heterocycles. The lowest BCUT2D eigenvalue weighted by Gasteiger charge is -2.11. The van der Waals surface area contributed by atoms with E-state index in [1.54, 1.807) is 62.4 Å². The zero-order valence-electron chi connectivity index (χ0n) is 22.2. The maximum absolute atomic E-state index is 15.0. The van der Waals surface area contributed by atoms with E-state index in [0.717, 1.165) is 27.8 Å². The number of rotatable bonds is 8. The van der Waals surface area contributed by atoms with Crippen molar-refractivity contribution in [3.8, 4) is 33.8 Å². The summed E-state index contributed by atoms with van der Waals surface area (Å²) in [6.07, 6.45) is 0.587. The SMILES string of the molecule is C=C(C)C(=O)Oc1ccc(-c2ccc(Cc3ccc(-c4ccc(OC(=O)C(=C)C)cc4)c(F)c3)cc2C)cc1. The summed E-state index contributed by atoms with van der Waals surface area (Å²) >= 11 is 0. The van der Waals surface area contributed by atoms with E-state index in [2.05, 4.69) is 19.2 Å². The summed E-state index contributed by atoms with van der Waals surface area (Å²) in [6, 6.07) is 25.5. The number of aryl methyl sites for hydroxylation is 1. The normalized spacial score (nSPS) is 10.6. The fourth-order valence-corrected chi connectivity index (χ4v) is 4.09. The van der Waals surface area contributed by atoms with Crippen LogP contribution in [0.1, 0.15) is 30.5 Å². The van der Waals surface area contributed by atoms with Crippen LogP contribution in [-0.2, 0) is 16.0 Å². The van der Waals surface area contributed by atoms with Gasteiger partial charge >= 0.3 is 11.9 Å². The molecule has 0 amide bonds. The van der Waals surface area contributed by atoms with E-state index in [1.807, 2.05) is 37.3 Å². The molecule has 0 bridgehead atoms. The van der Waals surface area contributed by atoms with Crippen molar-refractivity contribution < 1.29 is 23.5 Å². The molecule has 39 heavy (non-hydrogen) atoms. The summed E-state index contributed by atoms with van der Waals surface area (Å²) in [7, 11) is 0. The highest BCUT2D eigenvalue weighted by Gasteiger charge is 2.11. The fourth-order valence-electron chi connectivity index (χ4n) is 4.09. The van der Waals surface area contributed by atoms with Crippen molar-refractivity contribution in [3.05, 3.63) is 132 Å². The van der Waals surface area contributed by atoms with E-state index in [-0.39, 0.29) is 5.82 Å². The summed E-state index contributed by atoms with van der Waals surface area (Å²) in [5.74, 6) is -0.424. The van der Waals surface area contributed by atoms with Crippen molar-refractivity contribution in [3.63, 3.8) is 0 Å². The largest absolute Gasteiger partial charge is 0.423 e. The summed E-state index contributed by atoms with van der Waals surface area (Å²) in [5, 5.41) is 0. The van der Waals surface area contributed by atoms with Crippen LogP contribution < -0.4 is 9.47 Å². The third kappa shape index (κ3) is 6.76. The van der Waals surface area contributed by atoms with Gasteiger partial charge in [0.25, 0.3) is 0 Å². The van der Waals surface area contributed by atoms with E-state index in [9.17, 15) is 9.59 Å². The van der Waals surface area contributed by atoms with Gasteiger partial charge < -0.3 is 9.47 Å². The van der Waals surface area contributed by atoms with Crippen molar-refractivity contribution in [1.82, 2.24) is 0 Å². The molecule has 4 rings (SSSR count). The van der Waals surface area contributed by atoms with Crippen molar-refractivity contribution >= 4 is 11.9 Å². The van der Waals surface area contributed by atoms with Gasteiger partial charge in [-0.3, -0.25) is 0 Å². The van der Waals surface area contributed by atoms with Crippen LogP contribution in [0.4, 0.5) is 4.39 Å². The Morgan fingerprint density at radius 1 is 0.667 bits per heavy atom. The first-order valence-corrected chi connectivity index (χ1v) is 12.4. The average Bonchev–Trinajstić information content (AvgIpc) is 2.90. The molecule has 0 saturated heterocycles. The molecule has 0 saturated carbocycles. The van der Waals surface area contributed by atoms with Gasteiger partial charge in [0, 0.05) is 16.7 Å². The van der Waals surface area contributed by atoms with Gasteiger partial charge in [-0.25, -0.2) is 14.0 Å². The molecule has 4 nitrogen and oxygen atoms in total. The standard InChI is InChI=1S/C34H29FO4/c1-21(2)33(36)38-28-12-8-26(9-13-28)30-16-6-24(18-23(30)5)19-25-7-17-31(32(35)20-25)27-10-14-29(15-11-27)39-34(37)22(3)4/h6-18,20H,1,3,19H2,2,4-5H3. The quantitative estimate of drug-likeness (QED) is 0.134. The number of esters is 2. The highest BCUT2D eigenvalue weighted by atomic mass is 19.1. The minimum absolute atomic E-state index is 0.308. The summed E-state index contributed by atoms with van der Waals surface area (Å²) in [5.41, 5.74) is 6.90. The average molecular weight is 521 g/mol. The molecule has 4 aromatic carbocycles. The van der Waals surface area contributed by atoms with Crippen LogP contribution in [0.2, 0.25) is 0 Å². The monoisotopic (exact) mass is 520 g/mol. The van der Waals surface area contributed by atoms with E-state index >= 15 is 4.39 Å². The van der Waals surface area contributed by atoms with Crippen LogP contribution >= 0.6 is 0 Å². The van der Waals surface area contributed by atoms with E-state index in [1.165, 1.54) is 0 Å². The smallest absolute Gasteiger partial charge is 0.338 e. The molecule has 0 atom stereocenters. The predicted molar refractivity (Wildman–Crippen MR) is 152 cm³/mol. The molecule has 0 aliphatic rings. The number of halogens is 1.